The van der Waals surface area contributed by atoms with Crippen molar-refractivity contribution in [2.75, 3.05) is 11.4 Å². The van der Waals surface area contributed by atoms with E-state index >= 15 is 0 Å². The van der Waals surface area contributed by atoms with Crippen LogP contribution >= 0.6 is 22.6 Å². The number of fused-ring (bicyclic) bond motifs is 3. The highest BCUT2D eigenvalue weighted by Crippen LogP contribution is 2.45. The van der Waals surface area contributed by atoms with Gasteiger partial charge in [0, 0.05) is 20.3 Å². The van der Waals surface area contributed by atoms with E-state index < -0.39 is 15.9 Å². The Morgan fingerprint density at radius 1 is 0.963 bits per heavy atom. The summed E-state index contributed by atoms with van der Waals surface area (Å²) in [5, 5.41) is 0. The third-order valence-electron chi connectivity index (χ3n) is 4.37. The van der Waals surface area contributed by atoms with Crippen molar-refractivity contribution in [1.29, 1.82) is 0 Å². The van der Waals surface area contributed by atoms with E-state index in [0.717, 1.165) is 7.88 Å². The molecule has 1 aliphatic heterocycles. The molecule has 1 heterocycles. The first kappa shape index (κ1) is 18.0. The minimum atomic E-state index is -4.04. The number of halogens is 1. The molecular weight excluding hydrogens is 477 g/mol. The maximum atomic E-state index is 13.3. The summed E-state index contributed by atoms with van der Waals surface area (Å²) in [5.41, 5.74) is 1.82. The summed E-state index contributed by atoms with van der Waals surface area (Å²) >= 11 is 2.09. The summed E-state index contributed by atoms with van der Waals surface area (Å²) in [6.07, 6.45) is 0. The number of carbonyl (C=O) groups is 1. The fourth-order valence-electron chi connectivity index (χ4n) is 3.13. The fraction of sp³-hybridized carbons (Fsp3) is 0.0500. The molecule has 0 saturated carbocycles. The van der Waals surface area contributed by atoms with Crippen molar-refractivity contribution in [3.8, 4) is 16.9 Å². The van der Waals surface area contributed by atoms with Gasteiger partial charge >= 0.3 is 0 Å². The molecule has 0 N–H and O–H groups in total. The predicted octanol–water partition coefficient (Wildman–Crippen LogP) is 4.32. The Hall–Kier alpha value is -2.39. The van der Waals surface area contributed by atoms with E-state index in [1.165, 1.54) is 6.07 Å². The molecule has 0 saturated heterocycles. The van der Waals surface area contributed by atoms with Crippen LogP contribution in [0.5, 0.6) is 5.75 Å². The Bertz CT molecular complexity index is 1170. The number of methoxy groups -OCH3 is 1. The normalized spacial score (nSPS) is 14.2. The highest BCUT2D eigenvalue weighted by Gasteiger charge is 2.39. The van der Waals surface area contributed by atoms with Gasteiger partial charge in [-0.15, -0.1) is 0 Å². The highest BCUT2D eigenvalue weighted by molar-refractivity contribution is 14.1. The number of hydrogen-bond donors (Lipinski definition) is 0. The van der Waals surface area contributed by atoms with Gasteiger partial charge in [-0.25, -0.2) is 8.42 Å². The van der Waals surface area contributed by atoms with E-state index in [9.17, 15) is 13.2 Å². The Labute approximate surface area is 170 Å². The summed E-state index contributed by atoms with van der Waals surface area (Å²) in [4.78, 5) is 13.3. The minimum absolute atomic E-state index is 0.102. The number of ether oxygens (including phenoxy) is 1. The molecule has 0 bridgehead atoms. The third kappa shape index (κ3) is 2.90. The number of rotatable bonds is 2. The summed E-state index contributed by atoms with van der Waals surface area (Å²) in [7, 11) is -2.49. The second-order valence-electron chi connectivity index (χ2n) is 5.96. The summed E-state index contributed by atoms with van der Waals surface area (Å²) in [6, 6.07) is 18.5. The zero-order valence-electron chi connectivity index (χ0n) is 14.2. The molecule has 0 atom stereocenters. The molecule has 3 aromatic carbocycles. The molecule has 0 spiro atoms. The molecule has 0 aliphatic carbocycles. The number of hydrogen-bond acceptors (Lipinski definition) is 4. The molecule has 0 aromatic heterocycles. The lowest BCUT2D eigenvalue weighted by Crippen LogP contribution is -2.39. The molecule has 136 valence electrons. The molecule has 5 nitrogen and oxygen atoms in total. The number of anilines is 1. The van der Waals surface area contributed by atoms with Gasteiger partial charge in [-0.3, -0.25) is 4.79 Å². The number of carbonyl (C=O) groups excluding carboxylic acids is 1. The van der Waals surface area contributed by atoms with Crippen molar-refractivity contribution in [1.82, 2.24) is 0 Å². The number of sulfonamides is 1. The van der Waals surface area contributed by atoms with Gasteiger partial charge in [0.15, 0.2) is 0 Å². The first-order chi connectivity index (χ1) is 12.9. The van der Waals surface area contributed by atoms with Crippen LogP contribution in [0.1, 0.15) is 10.4 Å². The van der Waals surface area contributed by atoms with Gasteiger partial charge in [0.05, 0.1) is 17.7 Å². The van der Waals surface area contributed by atoms with Crippen LogP contribution in [0.15, 0.2) is 71.6 Å². The Balaban J connectivity index is 1.99. The lowest BCUT2D eigenvalue weighted by Gasteiger charge is -2.30. The maximum Gasteiger partial charge on any atom is 0.272 e. The average Bonchev–Trinajstić information content (AvgIpc) is 2.67. The van der Waals surface area contributed by atoms with E-state index in [2.05, 4.69) is 22.6 Å². The molecule has 0 radical (unpaired) electrons. The lowest BCUT2D eigenvalue weighted by atomic mass is 10.0. The van der Waals surface area contributed by atoms with Crippen molar-refractivity contribution in [3.05, 3.63) is 75.9 Å². The number of nitrogens with zero attached hydrogens (tertiary/aromatic N) is 1. The van der Waals surface area contributed by atoms with E-state index in [-0.39, 0.29) is 4.90 Å². The van der Waals surface area contributed by atoms with Crippen LogP contribution in [0, 0.1) is 3.57 Å². The third-order valence-corrected chi connectivity index (χ3v) is 6.80. The van der Waals surface area contributed by atoms with Gasteiger partial charge in [-0.05, 0) is 65.1 Å². The minimum Gasteiger partial charge on any atom is -0.497 e. The van der Waals surface area contributed by atoms with Gasteiger partial charge < -0.3 is 4.74 Å². The summed E-state index contributed by atoms with van der Waals surface area (Å²) in [5.74, 6) is -0.000976. The molecule has 0 unspecified atom stereocenters. The van der Waals surface area contributed by atoms with Crippen LogP contribution in [-0.4, -0.2) is 21.4 Å². The van der Waals surface area contributed by atoms with Crippen molar-refractivity contribution in [3.63, 3.8) is 0 Å². The Kier molecular flexibility index (Phi) is 4.43. The van der Waals surface area contributed by atoms with E-state index in [4.69, 9.17) is 4.74 Å². The zero-order valence-corrected chi connectivity index (χ0v) is 17.2. The van der Waals surface area contributed by atoms with Crippen LogP contribution in [-0.2, 0) is 10.0 Å². The maximum absolute atomic E-state index is 13.3. The van der Waals surface area contributed by atoms with Crippen LogP contribution in [0.25, 0.3) is 11.1 Å². The van der Waals surface area contributed by atoms with E-state index in [1.54, 1.807) is 61.7 Å². The lowest BCUT2D eigenvalue weighted by molar-refractivity contribution is 0.100. The highest BCUT2D eigenvalue weighted by atomic mass is 127. The molecule has 27 heavy (non-hydrogen) atoms. The molecule has 3 aromatic rings. The predicted molar refractivity (Wildman–Crippen MR) is 112 cm³/mol. The van der Waals surface area contributed by atoms with Gasteiger partial charge in [0.2, 0.25) is 0 Å². The molecule has 0 fully saturated rings. The van der Waals surface area contributed by atoms with Crippen molar-refractivity contribution in [2.24, 2.45) is 0 Å². The zero-order chi connectivity index (χ0) is 19.2. The smallest absolute Gasteiger partial charge is 0.272 e. The quantitative estimate of drug-likeness (QED) is 0.502. The SMILES string of the molecule is COc1ccc2c(c1)-c1ccccc1S(=O)(=O)N2C(=O)c1cccc(I)c1. The van der Waals surface area contributed by atoms with Crippen LogP contribution < -0.4 is 9.04 Å². The number of benzene rings is 3. The van der Waals surface area contributed by atoms with Crippen molar-refractivity contribution < 1.29 is 17.9 Å². The second-order valence-corrected chi connectivity index (χ2v) is 8.96. The van der Waals surface area contributed by atoms with Gasteiger partial charge in [0.25, 0.3) is 15.9 Å². The van der Waals surface area contributed by atoms with Crippen LogP contribution in [0.2, 0.25) is 0 Å². The van der Waals surface area contributed by atoms with E-state index in [0.29, 0.717) is 28.1 Å². The van der Waals surface area contributed by atoms with Crippen molar-refractivity contribution in [2.45, 2.75) is 4.90 Å². The molecule has 1 amide bonds. The second kappa shape index (κ2) is 6.65. The average molecular weight is 491 g/mol. The van der Waals surface area contributed by atoms with Crippen molar-refractivity contribution >= 4 is 44.2 Å². The largest absolute Gasteiger partial charge is 0.497 e. The first-order valence-corrected chi connectivity index (χ1v) is 10.6. The van der Waals surface area contributed by atoms with Crippen LogP contribution in [0.4, 0.5) is 5.69 Å². The standard InChI is InChI=1S/C20H14INO4S/c1-26-15-9-10-18-17(12-15)16-7-2-3-8-19(16)27(24,25)22(18)20(23)13-5-4-6-14(21)11-13/h2-12H,1H3. The topological polar surface area (TPSA) is 63.7 Å². The monoisotopic (exact) mass is 491 g/mol. The molecular formula is C20H14INO4S. The van der Waals surface area contributed by atoms with Gasteiger partial charge in [0.1, 0.15) is 5.75 Å². The van der Waals surface area contributed by atoms with Gasteiger partial charge in [-0.2, -0.15) is 4.31 Å². The summed E-state index contributed by atoms with van der Waals surface area (Å²) in [6.45, 7) is 0. The van der Waals surface area contributed by atoms with E-state index in [1.807, 2.05) is 6.07 Å². The molecule has 1 aliphatic rings. The summed E-state index contributed by atoms with van der Waals surface area (Å²) < 4.78 is 33.6. The Morgan fingerprint density at radius 2 is 1.74 bits per heavy atom. The number of amides is 1. The fourth-order valence-corrected chi connectivity index (χ4v) is 5.32. The Morgan fingerprint density at radius 3 is 2.48 bits per heavy atom. The molecule has 7 heteroatoms. The van der Waals surface area contributed by atoms with Gasteiger partial charge in [-0.1, -0.05) is 24.3 Å². The first-order valence-electron chi connectivity index (χ1n) is 8.06. The van der Waals surface area contributed by atoms with Crippen LogP contribution in [0.3, 0.4) is 0 Å². The molecule has 4 rings (SSSR count).